The van der Waals surface area contributed by atoms with Gasteiger partial charge in [0.15, 0.2) is 0 Å². The number of nitriles is 1. The maximum absolute atomic E-state index is 9.05. The topological polar surface area (TPSA) is 60.1 Å². The maximum atomic E-state index is 9.05. The Bertz CT molecular complexity index is 681. The molecule has 1 aromatic carbocycles. The normalized spacial score (nSPS) is 14.7. The molecule has 20 heavy (non-hydrogen) atoms. The second-order valence-corrected chi connectivity index (χ2v) is 4.86. The fourth-order valence-corrected chi connectivity index (χ4v) is 2.27. The number of rotatable bonds is 3. The number of methoxy groups -OCH3 is 1. The Morgan fingerprint density at radius 2 is 2.25 bits per heavy atom. The van der Waals surface area contributed by atoms with E-state index in [1.807, 2.05) is 23.9 Å². The van der Waals surface area contributed by atoms with Crippen molar-refractivity contribution in [3.63, 3.8) is 0 Å². The molecule has 1 aromatic heterocycles. The second-order valence-electron chi connectivity index (χ2n) is 4.86. The van der Waals surface area contributed by atoms with Crippen molar-refractivity contribution in [1.29, 1.82) is 5.26 Å². The highest BCUT2D eigenvalue weighted by atomic mass is 16.5. The molecule has 0 unspecified atom stereocenters. The molecule has 0 spiro atoms. The van der Waals surface area contributed by atoms with Crippen LogP contribution >= 0.6 is 0 Å². The van der Waals surface area contributed by atoms with Crippen LogP contribution in [0.25, 0.3) is 11.3 Å². The van der Waals surface area contributed by atoms with E-state index in [2.05, 4.69) is 11.2 Å². The van der Waals surface area contributed by atoms with E-state index < -0.39 is 0 Å². The molecule has 0 N–H and O–H groups in total. The summed E-state index contributed by atoms with van der Waals surface area (Å²) in [4.78, 5) is 0. The van der Waals surface area contributed by atoms with Crippen molar-refractivity contribution < 1.29 is 9.47 Å². The van der Waals surface area contributed by atoms with Gasteiger partial charge >= 0.3 is 0 Å². The Kier molecular flexibility index (Phi) is 3.17. The summed E-state index contributed by atoms with van der Waals surface area (Å²) in [5, 5.41) is 13.7. The molecule has 0 radical (unpaired) electrons. The number of aryl methyl sites for hydroxylation is 1. The van der Waals surface area contributed by atoms with E-state index in [0.717, 1.165) is 22.6 Å². The average molecular weight is 269 g/mol. The van der Waals surface area contributed by atoms with Crippen molar-refractivity contribution >= 4 is 0 Å². The zero-order valence-electron chi connectivity index (χ0n) is 11.5. The summed E-state index contributed by atoms with van der Waals surface area (Å²) in [6, 6.07) is 7.83. The summed E-state index contributed by atoms with van der Waals surface area (Å²) in [6.07, 6.45) is 2.01. The summed E-state index contributed by atoms with van der Waals surface area (Å²) >= 11 is 0. The van der Waals surface area contributed by atoms with Crippen LogP contribution < -0.4 is 4.74 Å². The molecular formula is C15H15N3O2. The first-order chi connectivity index (χ1) is 9.72. The van der Waals surface area contributed by atoms with Gasteiger partial charge in [0.05, 0.1) is 43.7 Å². The lowest BCUT2D eigenvalue weighted by Gasteiger charge is -2.26. The smallest absolute Gasteiger partial charge is 0.128 e. The molecule has 0 bridgehead atoms. The van der Waals surface area contributed by atoms with E-state index in [0.29, 0.717) is 24.8 Å². The highest BCUT2D eigenvalue weighted by Gasteiger charge is 2.23. The molecule has 5 nitrogen and oxygen atoms in total. The van der Waals surface area contributed by atoms with Crippen molar-refractivity contribution in [2.45, 2.75) is 13.0 Å². The summed E-state index contributed by atoms with van der Waals surface area (Å²) in [5.74, 6) is 0.724. The minimum Gasteiger partial charge on any atom is -0.496 e. The van der Waals surface area contributed by atoms with Crippen LogP contribution in [0.2, 0.25) is 0 Å². The second kappa shape index (κ2) is 4.99. The van der Waals surface area contributed by atoms with Gasteiger partial charge in [-0.1, -0.05) is 0 Å². The Labute approximate surface area is 117 Å². The number of benzene rings is 1. The monoisotopic (exact) mass is 269 g/mol. The van der Waals surface area contributed by atoms with Gasteiger partial charge in [0, 0.05) is 11.8 Å². The SMILES string of the molecule is COc1ccc(C#N)cc1-c1nn(C2COC2)cc1C. The fraction of sp³-hybridized carbons (Fsp3) is 0.333. The van der Waals surface area contributed by atoms with Crippen LogP contribution in [-0.4, -0.2) is 30.1 Å². The standard InChI is InChI=1S/C15H15N3O2/c1-10-7-18(12-8-20-9-12)17-15(10)13-5-11(6-16)3-4-14(13)19-2/h3-5,7,12H,8-9H2,1-2H3. The molecular weight excluding hydrogens is 254 g/mol. The van der Waals surface area contributed by atoms with Crippen LogP contribution in [0, 0.1) is 18.3 Å². The Morgan fingerprint density at radius 1 is 1.45 bits per heavy atom. The van der Waals surface area contributed by atoms with Gasteiger partial charge < -0.3 is 9.47 Å². The van der Waals surface area contributed by atoms with Gasteiger partial charge in [0.25, 0.3) is 0 Å². The minimum atomic E-state index is 0.313. The van der Waals surface area contributed by atoms with Crippen molar-refractivity contribution in [2.24, 2.45) is 0 Å². The molecule has 1 aliphatic rings. The first-order valence-corrected chi connectivity index (χ1v) is 6.45. The van der Waals surface area contributed by atoms with E-state index in [9.17, 15) is 0 Å². The minimum absolute atomic E-state index is 0.313. The highest BCUT2D eigenvalue weighted by Crippen LogP contribution is 2.33. The van der Waals surface area contributed by atoms with Gasteiger partial charge in [-0.05, 0) is 30.7 Å². The average Bonchev–Trinajstić information content (AvgIpc) is 2.77. The molecule has 102 valence electrons. The van der Waals surface area contributed by atoms with Gasteiger partial charge in [0.1, 0.15) is 5.75 Å². The van der Waals surface area contributed by atoms with Crippen molar-refractivity contribution in [3.05, 3.63) is 35.5 Å². The predicted octanol–water partition coefficient (Wildman–Crippen LogP) is 2.31. The quantitative estimate of drug-likeness (QED) is 0.858. The zero-order chi connectivity index (χ0) is 14.1. The molecule has 5 heteroatoms. The molecule has 0 aliphatic carbocycles. The lowest BCUT2D eigenvalue weighted by atomic mass is 10.0. The van der Waals surface area contributed by atoms with Gasteiger partial charge in [-0.3, -0.25) is 4.68 Å². The molecule has 0 saturated carbocycles. The Morgan fingerprint density at radius 3 is 2.85 bits per heavy atom. The maximum Gasteiger partial charge on any atom is 0.128 e. The van der Waals surface area contributed by atoms with Crippen LogP contribution in [-0.2, 0) is 4.74 Å². The van der Waals surface area contributed by atoms with Crippen molar-refractivity contribution in [2.75, 3.05) is 20.3 Å². The van der Waals surface area contributed by atoms with Crippen molar-refractivity contribution in [1.82, 2.24) is 9.78 Å². The third-order valence-electron chi connectivity index (χ3n) is 3.49. The van der Waals surface area contributed by atoms with Crippen LogP contribution in [0.1, 0.15) is 17.2 Å². The van der Waals surface area contributed by atoms with E-state index in [1.54, 1.807) is 19.2 Å². The first-order valence-electron chi connectivity index (χ1n) is 6.45. The summed E-state index contributed by atoms with van der Waals surface area (Å²) in [7, 11) is 1.62. The lowest BCUT2D eigenvalue weighted by Crippen LogP contribution is -2.30. The third-order valence-corrected chi connectivity index (χ3v) is 3.49. The van der Waals surface area contributed by atoms with Crippen LogP contribution in [0.5, 0.6) is 5.75 Å². The van der Waals surface area contributed by atoms with Gasteiger partial charge in [-0.25, -0.2) is 0 Å². The van der Waals surface area contributed by atoms with E-state index in [1.165, 1.54) is 0 Å². The summed E-state index contributed by atoms with van der Waals surface area (Å²) in [6.45, 7) is 3.42. The number of nitrogens with zero attached hydrogens (tertiary/aromatic N) is 3. The molecule has 3 rings (SSSR count). The predicted molar refractivity (Wildman–Crippen MR) is 73.5 cm³/mol. The molecule has 1 saturated heterocycles. The van der Waals surface area contributed by atoms with Crippen LogP contribution in [0.3, 0.4) is 0 Å². The summed E-state index contributed by atoms with van der Waals surface area (Å²) in [5.41, 5.74) is 3.36. The molecule has 1 aliphatic heterocycles. The van der Waals surface area contributed by atoms with Gasteiger partial charge in [0.2, 0.25) is 0 Å². The first kappa shape index (κ1) is 12.7. The number of hydrogen-bond acceptors (Lipinski definition) is 4. The van der Waals surface area contributed by atoms with Gasteiger partial charge in [-0.2, -0.15) is 10.4 Å². The largest absolute Gasteiger partial charge is 0.496 e. The van der Waals surface area contributed by atoms with Gasteiger partial charge in [-0.15, -0.1) is 0 Å². The van der Waals surface area contributed by atoms with E-state index >= 15 is 0 Å². The van der Waals surface area contributed by atoms with E-state index in [4.69, 9.17) is 14.7 Å². The Hall–Kier alpha value is -2.32. The van der Waals surface area contributed by atoms with Crippen LogP contribution in [0.4, 0.5) is 0 Å². The number of ether oxygens (including phenoxy) is 2. The number of aromatic nitrogens is 2. The molecule has 1 fully saturated rings. The van der Waals surface area contributed by atoms with E-state index in [-0.39, 0.29) is 0 Å². The third kappa shape index (κ3) is 2.04. The molecule has 2 heterocycles. The van der Waals surface area contributed by atoms with Crippen LogP contribution in [0.15, 0.2) is 24.4 Å². The highest BCUT2D eigenvalue weighted by molar-refractivity contribution is 5.71. The molecule has 2 aromatic rings. The molecule has 0 atom stereocenters. The zero-order valence-corrected chi connectivity index (χ0v) is 11.5. The number of hydrogen-bond donors (Lipinski definition) is 0. The molecule has 0 amide bonds. The van der Waals surface area contributed by atoms with Crippen molar-refractivity contribution in [3.8, 4) is 23.1 Å². The summed E-state index contributed by atoms with van der Waals surface area (Å²) < 4.78 is 12.5. The Balaban J connectivity index is 2.07. The lowest BCUT2D eigenvalue weighted by molar-refractivity contribution is -0.0285. The fourth-order valence-electron chi connectivity index (χ4n) is 2.27.